The summed E-state index contributed by atoms with van der Waals surface area (Å²) in [6.45, 7) is 1.99. The van der Waals surface area contributed by atoms with E-state index in [1.165, 1.54) is 0 Å². The number of halogens is 1. The Morgan fingerprint density at radius 2 is 1.89 bits per heavy atom. The monoisotopic (exact) mass is 439 g/mol. The first-order valence-corrected chi connectivity index (χ1v) is 10.2. The minimum Gasteiger partial charge on any atom is -0.495 e. The molecule has 0 radical (unpaired) electrons. The number of fused-ring (bicyclic) bond motifs is 1. The summed E-state index contributed by atoms with van der Waals surface area (Å²) in [5, 5.41) is 7.69. The molecule has 0 atom stereocenters. The molecule has 1 aliphatic carbocycles. The molecule has 0 bridgehead atoms. The molecule has 3 aromatic rings. The van der Waals surface area contributed by atoms with Gasteiger partial charge >= 0.3 is 0 Å². The highest BCUT2D eigenvalue weighted by Crippen LogP contribution is 2.30. The molecule has 1 aliphatic rings. The van der Waals surface area contributed by atoms with Gasteiger partial charge in [0.1, 0.15) is 5.75 Å². The number of anilines is 1. The summed E-state index contributed by atoms with van der Waals surface area (Å²) in [7, 11) is 1.61. The van der Waals surface area contributed by atoms with Crippen LogP contribution in [0.5, 0.6) is 5.75 Å². The van der Waals surface area contributed by atoms with E-state index in [1.54, 1.807) is 7.11 Å². The Morgan fingerprint density at radius 1 is 1.14 bits per heavy atom. The summed E-state index contributed by atoms with van der Waals surface area (Å²) in [6.07, 6.45) is 3.99. The molecule has 28 heavy (non-hydrogen) atoms. The Bertz CT molecular complexity index is 1030. The van der Waals surface area contributed by atoms with Crippen LogP contribution in [0.3, 0.4) is 0 Å². The van der Waals surface area contributed by atoms with E-state index in [1.807, 2.05) is 54.1 Å². The van der Waals surface area contributed by atoms with Crippen LogP contribution in [0.25, 0.3) is 5.69 Å². The van der Waals surface area contributed by atoms with E-state index in [9.17, 15) is 4.79 Å². The van der Waals surface area contributed by atoms with Gasteiger partial charge in [0.05, 0.1) is 18.5 Å². The van der Waals surface area contributed by atoms with Crippen LogP contribution in [0.15, 0.2) is 46.9 Å². The zero-order valence-corrected chi connectivity index (χ0v) is 17.5. The van der Waals surface area contributed by atoms with Crippen LogP contribution < -0.4 is 10.1 Å². The Balaban J connectivity index is 1.71. The first-order chi connectivity index (χ1) is 13.6. The van der Waals surface area contributed by atoms with Gasteiger partial charge in [0.2, 0.25) is 0 Å². The summed E-state index contributed by atoms with van der Waals surface area (Å²) >= 11 is 3.47. The number of rotatable bonds is 4. The van der Waals surface area contributed by atoms with Gasteiger partial charge in [0.15, 0.2) is 5.69 Å². The standard InChI is InChI=1S/C22H22BrN3O2/c1-14-7-12-18(20(13-14)28-2)24-22(27)21-17-5-3-4-6-19(17)26(25-21)16-10-8-15(23)9-11-16/h7-13H,3-6H2,1-2H3,(H,24,27). The van der Waals surface area contributed by atoms with Gasteiger partial charge in [0.25, 0.3) is 5.91 Å². The van der Waals surface area contributed by atoms with Crippen LogP contribution in [0, 0.1) is 6.92 Å². The molecule has 1 N–H and O–H groups in total. The largest absolute Gasteiger partial charge is 0.495 e. The normalized spacial score (nSPS) is 13.1. The maximum Gasteiger partial charge on any atom is 0.276 e. The average molecular weight is 440 g/mol. The average Bonchev–Trinajstić information content (AvgIpc) is 3.10. The second-order valence-corrected chi connectivity index (χ2v) is 7.94. The minimum atomic E-state index is -0.198. The van der Waals surface area contributed by atoms with E-state index < -0.39 is 0 Å². The van der Waals surface area contributed by atoms with Crippen molar-refractivity contribution in [3.05, 3.63) is 69.5 Å². The number of aryl methyl sites for hydroxylation is 1. The van der Waals surface area contributed by atoms with Crippen molar-refractivity contribution in [2.24, 2.45) is 0 Å². The zero-order chi connectivity index (χ0) is 19.7. The number of nitrogens with zero attached hydrogens (tertiary/aromatic N) is 2. The van der Waals surface area contributed by atoms with Crippen molar-refractivity contribution in [1.29, 1.82) is 0 Å². The van der Waals surface area contributed by atoms with Crippen molar-refractivity contribution in [2.75, 3.05) is 12.4 Å². The van der Waals surface area contributed by atoms with Crippen molar-refractivity contribution < 1.29 is 9.53 Å². The number of hydrogen-bond acceptors (Lipinski definition) is 3. The molecular formula is C22H22BrN3O2. The number of methoxy groups -OCH3 is 1. The third kappa shape index (κ3) is 3.56. The summed E-state index contributed by atoms with van der Waals surface area (Å²) in [4.78, 5) is 13.1. The molecule has 2 aromatic carbocycles. The molecule has 0 saturated heterocycles. The Labute approximate surface area is 172 Å². The van der Waals surface area contributed by atoms with Crippen molar-refractivity contribution >= 4 is 27.5 Å². The lowest BCUT2D eigenvalue weighted by molar-refractivity contribution is 0.102. The summed E-state index contributed by atoms with van der Waals surface area (Å²) in [5.74, 6) is 0.450. The van der Waals surface area contributed by atoms with Gasteiger partial charge < -0.3 is 10.1 Å². The number of hydrogen-bond donors (Lipinski definition) is 1. The highest BCUT2D eigenvalue weighted by Gasteiger charge is 2.26. The van der Waals surface area contributed by atoms with Gasteiger partial charge in [-0.25, -0.2) is 4.68 Å². The molecule has 6 heteroatoms. The van der Waals surface area contributed by atoms with Crippen molar-refractivity contribution in [3.63, 3.8) is 0 Å². The predicted molar refractivity (Wildman–Crippen MR) is 114 cm³/mol. The number of benzene rings is 2. The third-order valence-corrected chi connectivity index (χ3v) is 5.60. The van der Waals surface area contributed by atoms with Crippen LogP contribution in [-0.2, 0) is 12.8 Å². The van der Waals surface area contributed by atoms with Crippen molar-refractivity contribution in [3.8, 4) is 11.4 Å². The minimum absolute atomic E-state index is 0.198. The van der Waals surface area contributed by atoms with E-state index in [0.717, 1.165) is 52.7 Å². The molecule has 1 aromatic heterocycles. The number of amides is 1. The third-order valence-electron chi connectivity index (χ3n) is 5.07. The topological polar surface area (TPSA) is 56.1 Å². The lowest BCUT2D eigenvalue weighted by Gasteiger charge is -2.14. The van der Waals surface area contributed by atoms with Gasteiger partial charge in [-0.15, -0.1) is 0 Å². The number of ether oxygens (including phenoxy) is 1. The van der Waals surface area contributed by atoms with Crippen LogP contribution in [-0.4, -0.2) is 22.8 Å². The Hall–Kier alpha value is -2.60. The highest BCUT2D eigenvalue weighted by atomic mass is 79.9. The second-order valence-electron chi connectivity index (χ2n) is 7.03. The molecule has 1 amide bonds. The number of carbonyl (C=O) groups excluding carboxylic acids is 1. The maximum absolute atomic E-state index is 13.1. The summed E-state index contributed by atoms with van der Waals surface area (Å²) in [6, 6.07) is 13.7. The van der Waals surface area contributed by atoms with Crippen LogP contribution >= 0.6 is 15.9 Å². The first-order valence-electron chi connectivity index (χ1n) is 9.39. The molecule has 0 fully saturated rings. The molecule has 0 spiro atoms. The quantitative estimate of drug-likeness (QED) is 0.616. The molecule has 0 aliphatic heterocycles. The van der Waals surface area contributed by atoms with Crippen LogP contribution in [0.2, 0.25) is 0 Å². The van der Waals surface area contributed by atoms with Crippen molar-refractivity contribution in [2.45, 2.75) is 32.6 Å². The molecule has 5 nitrogen and oxygen atoms in total. The van der Waals surface area contributed by atoms with Crippen molar-refractivity contribution in [1.82, 2.24) is 9.78 Å². The highest BCUT2D eigenvalue weighted by molar-refractivity contribution is 9.10. The number of nitrogens with one attached hydrogen (secondary N) is 1. The molecule has 144 valence electrons. The summed E-state index contributed by atoms with van der Waals surface area (Å²) < 4.78 is 8.35. The van der Waals surface area contributed by atoms with E-state index in [0.29, 0.717) is 17.1 Å². The fraction of sp³-hybridized carbons (Fsp3) is 0.273. The first kappa shape index (κ1) is 18.7. The second kappa shape index (κ2) is 7.80. The fourth-order valence-corrected chi connectivity index (χ4v) is 3.92. The van der Waals surface area contributed by atoms with E-state index in [4.69, 9.17) is 9.84 Å². The van der Waals surface area contributed by atoms with Crippen LogP contribution in [0.4, 0.5) is 5.69 Å². The zero-order valence-electron chi connectivity index (χ0n) is 16.0. The Morgan fingerprint density at radius 3 is 2.64 bits per heavy atom. The molecule has 0 saturated carbocycles. The molecule has 0 unspecified atom stereocenters. The summed E-state index contributed by atoms with van der Waals surface area (Å²) in [5.41, 5.74) is 5.38. The lowest BCUT2D eigenvalue weighted by Crippen LogP contribution is -2.16. The molecular weight excluding hydrogens is 418 g/mol. The van der Waals surface area contributed by atoms with Gasteiger partial charge in [0, 0.05) is 15.7 Å². The molecule has 4 rings (SSSR count). The van der Waals surface area contributed by atoms with E-state index >= 15 is 0 Å². The van der Waals surface area contributed by atoms with Gasteiger partial charge in [-0.3, -0.25) is 4.79 Å². The van der Waals surface area contributed by atoms with Gasteiger partial charge in [-0.05, 0) is 74.6 Å². The number of aromatic nitrogens is 2. The smallest absolute Gasteiger partial charge is 0.276 e. The Kier molecular flexibility index (Phi) is 5.22. The van der Waals surface area contributed by atoms with E-state index in [2.05, 4.69) is 21.2 Å². The maximum atomic E-state index is 13.1. The number of carbonyl (C=O) groups is 1. The molecule has 1 heterocycles. The SMILES string of the molecule is COc1cc(C)ccc1NC(=O)c1nn(-c2ccc(Br)cc2)c2c1CCCC2. The van der Waals surface area contributed by atoms with E-state index in [-0.39, 0.29) is 5.91 Å². The van der Waals surface area contributed by atoms with Gasteiger partial charge in [-0.1, -0.05) is 22.0 Å². The van der Waals surface area contributed by atoms with Gasteiger partial charge in [-0.2, -0.15) is 5.10 Å². The lowest BCUT2D eigenvalue weighted by atomic mass is 9.95. The van der Waals surface area contributed by atoms with Crippen LogP contribution in [0.1, 0.15) is 40.2 Å². The predicted octanol–water partition coefficient (Wildman–Crippen LogP) is 5.08. The fourth-order valence-electron chi connectivity index (χ4n) is 3.66.